The summed E-state index contributed by atoms with van der Waals surface area (Å²) in [6, 6.07) is 16.9. The van der Waals surface area contributed by atoms with Gasteiger partial charge in [0.1, 0.15) is 0 Å². The molecule has 0 aliphatic heterocycles. The van der Waals surface area contributed by atoms with Crippen molar-refractivity contribution < 1.29 is 16.7 Å². The van der Waals surface area contributed by atoms with E-state index in [-0.39, 0.29) is 0 Å². The summed E-state index contributed by atoms with van der Waals surface area (Å²) in [5.74, 6) is -0.399. The minimum absolute atomic E-state index is 0.399. The van der Waals surface area contributed by atoms with Gasteiger partial charge >= 0.3 is 160 Å². The topological polar surface area (TPSA) is 86.7 Å². The minimum atomic E-state index is -2.64. The number of benzene rings is 2. The molecule has 0 saturated heterocycles. The van der Waals surface area contributed by atoms with Crippen LogP contribution in [0.25, 0.3) is 21.9 Å². The van der Waals surface area contributed by atoms with Crippen molar-refractivity contribution in [3.63, 3.8) is 0 Å². The first-order valence-corrected chi connectivity index (χ1v) is 11.0. The molecule has 27 heavy (non-hydrogen) atoms. The predicted molar refractivity (Wildman–Crippen MR) is 108 cm³/mol. The number of hydrogen-bond acceptors (Lipinski definition) is 6. The van der Waals surface area contributed by atoms with Crippen molar-refractivity contribution in [1.29, 1.82) is 0 Å². The van der Waals surface area contributed by atoms with Crippen molar-refractivity contribution in [2.75, 3.05) is 0 Å². The fourth-order valence-electron chi connectivity index (χ4n) is 2.61. The van der Waals surface area contributed by atoms with Crippen LogP contribution in [0.5, 0.6) is 0 Å². The second-order valence-electron chi connectivity index (χ2n) is 5.69. The van der Waals surface area contributed by atoms with Crippen molar-refractivity contribution >= 4 is 48.1 Å². The van der Waals surface area contributed by atoms with Gasteiger partial charge in [-0.1, -0.05) is 0 Å². The fourth-order valence-corrected chi connectivity index (χ4v) is 6.60. The molecule has 2 aromatic carbocycles. The molecule has 4 aromatic rings. The van der Waals surface area contributed by atoms with Crippen LogP contribution in [0, 0.1) is 7.14 Å². The van der Waals surface area contributed by atoms with Gasteiger partial charge in [0.25, 0.3) is 0 Å². The van der Waals surface area contributed by atoms with Crippen LogP contribution in [-0.2, 0) is 7.86 Å². The van der Waals surface area contributed by atoms with Crippen LogP contribution in [0.4, 0.5) is 0 Å². The molecule has 0 fully saturated rings. The molecule has 0 atom stereocenters. The molecule has 7 heteroatoms. The van der Waals surface area contributed by atoms with E-state index in [1.807, 2.05) is 24.3 Å². The van der Waals surface area contributed by atoms with E-state index in [4.69, 9.17) is 11.9 Å². The SMILES string of the molecule is CC(=O)OI(c1ccc2ccc(=O)oc2c1)c1ccc2ccc(=O)oc2c1. The van der Waals surface area contributed by atoms with E-state index in [0.29, 0.717) is 11.2 Å². The van der Waals surface area contributed by atoms with Crippen molar-refractivity contribution in [1.82, 2.24) is 0 Å². The summed E-state index contributed by atoms with van der Waals surface area (Å²) in [7, 11) is 0. The van der Waals surface area contributed by atoms with Crippen molar-refractivity contribution in [2.45, 2.75) is 6.92 Å². The van der Waals surface area contributed by atoms with Gasteiger partial charge in [-0.15, -0.1) is 0 Å². The monoisotopic (exact) mass is 476 g/mol. The van der Waals surface area contributed by atoms with Crippen molar-refractivity contribution in [3.05, 3.63) is 88.6 Å². The summed E-state index contributed by atoms with van der Waals surface area (Å²) < 4.78 is 17.7. The van der Waals surface area contributed by atoms with Gasteiger partial charge < -0.3 is 0 Å². The molecule has 0 bridgehead atoms. The van der Waals surface area contributed by atoms with Crippen molar-refractivity contribution in [3.8, 4) is 0 Å². The Bertz CT molecular complexity index is 1190. The summed E-state index contributed by atoms with van der Waals surface area (Å²) in [4.78, 5) is 34.7. The summed E-state index contributed by atoms with van der Waals surface area (Å²) in [6.07, 6.45) is 0. The summed E-state index contributed by atoms with van der Waals surface area (Å²) >= 11 is -2.64. The maximum absolute atomic E-state index is 11.7. The molecule has 4 rings (SSSR count). The van der Waals surface area contributed by atoms with Gasteiger partial charge in [-0.3, -0.25) is 0 Å². The average Bonchev–Trinajstić information content (AvgIpc) is 2.64. The zero-order valence-electron chi connectivity index (χ0n) is 14.1. The Balaban J connectivity index is 1.87. The Morgan fingerprint density at radius 3 is 1.67 bits per heavy atom. The van der Waals surface area contributed by atoms with Gasteiger partial charge in [-0.25, -0.2) is 0 Å². The van der Waals surface area contributed by atoms with Gasteiger partial charge in [-0.2, -0.15) is 0 Å². The first kappa shape index (κ1) is 17.5. The van der Waals surface area contributed by atoms with Crippen LogP contribution in [-0.4, -0.2) is 5.97 Å². The Morgan fingerprint density at radius 1 is 0.778 bits per heavy atom. The second kappa shape index (κ2) is 6.99. The standard InChI is InChI=1S/C20H13IO6/c1-12(22)27-21(15-6-2-13-4-8-19(23)25-17(13)10-15)16-7-3-14-5-9-20(24)26-18(14)11-16/h2-11H,1H3. The maximum atomic E-state index is 11.7. The number of rotatable bonds is 3. The van der Waals surface area contributed by atoms with E-state index in [0.717, 1.165) is 17.9 Å². The molecule has 136 valence electrons. The van der Waals surface area contributed by atoms with E-state index in [1.165, 1.54) is 19.1 Å². The molecule has 0 N–H and O–H groups in total. The number of hydrogen-bond donors (Lipinski definition) is 0. The average molecular weight is 476 g/mol. The Hall–Kier alpha value is -2.94. The molecule has 0 radical (unpaired) electrons. The molecule has 0 saturated carbocycles. The normalized spacial score (nSPS) is 11.5. The first-order chi connectivity index (χ1) is 13.0. The summed E-state index contributed by atoms with van der Waals surface area (Å²) in [5, 5.41) is 1.56. The van der Waals surface area contributed by atoms with Crippen LogP contribution >= 0.6 is 20.2 Å². The first-order valence-electron chi connectivity index (χ1n) is 7.96. The molecule has 0 spiro atoms. The zero-order valence-corrected chi connectivity index (χ0v) is 16.3. The van der Waals surface area contributed by atoms with Gasteiger partial charge in [-0.05, 0) is 0 Å². The van der Waals surface area contributed by atoms with Crippen LogP contribution in [0.1, 0.15) is 6.92 Å². The van der Waals surface area contributed by atoms with Crippen LogP contribution in [0.3, 0.4) is 0 Å². The molecular formula is C20H13IO6. The van der Waals surface area contributed by atoms with Gasteiger partial charge in [0.05, 0.1) is 0 Å². The van der Waals surface area contributed by atoms with E-state index < -0.39 is 37.5 Å². The van der Waals surface area contributed by atoms with Crippen molar-refractivity contribution in [2.24, 2.45) is 0 Å². The van der Waals surface area contributed by atoms with E-state index in [9.17, 15) is 14.4 Å². The molecule has 2 aromatic heterocycles. The van der Waals surface area contributed by atoms with Gasteiger partial charge in [0.15, 0.2) is 0 Å². The Labute approximate surface area is 160 Å². The quantitative estimate of drug-likeness (QED) is 0.329. The van der Waals surface area contributed by atoms with E-state index in [1.54, 1.807) is 24.3 Å². The van der Waals surface area contributed by atoms with Crippen LogP contribution < -0.4 is 11.3 Å². The third-order valence-corrected chi connectivity index (χ3v) is 8.42. The molecule has 0 aliphatic rings. The number of carbonyl (C=O) groups excluding carboxylic acids is 1. The third kappa shape index (κ3) is 3.63. The molecule has 0 unspecified atom stereocenters. The molecule has 0 amide bonds. The van der Waals surface area contributed by atoms with Gasteiger partial charge in [0.2, 0.25) is 0 Å². The third-order valence-electron chi connectivity index (χ3n) is 3.75. The van der Waals surface area contributed by atoms with Gasteiger partial charge in [0, 0.05) is 0 Å². The Morgan fingerprint density at radius 2 is 1.22 bits per heavy atom. The van der Waals surface area contributed by atoms with E-state index >= 15 is 0 Å². The Kier molecular flexibility index (Phi) is 4.53. The predicted octanol–water partition coefficient (Wildman–Crippen LogP) is 3.92. The second-order valence-corrected chi connectivity index (χ2v) is 10.0. The molecule has 2 heterocycles. The molecule has 0 aliphatic carbocycles. The van der Waals surface area contributed by atoms with E-state index in [2.05, 4.69) is 0 Å². The summed E-state index contributed by atoms with van der Waals surface area (Å²) in [6.45, 7) is 1.35. The summed E-state index contributed by atoms with van der Waals surface area (Å²) in [5.41, 5.74) is -0.0246. The van der Waals surface area contributed by atoms with Crippen LogP contribution in [0.2, 0.25) is 0 Å². The fraction of sp³-hybridized carbons (Fsp3) is 0.0500. The number of halogens is 1. The molecular weight excluding hydrogens is 463 g/mol. The molecule has 6 nitrogen and oxygen atoms in total. The number of carbonyl (C=O) groups is 1. The number of fused-ring (bicyclic) bond motifs is 2. The van der Waals surface area contributed by atoms with Crippen LogP contribution in [0.15, 0.2) is 79.1 Å². The zero-order chi connectivity index (χ0) is 19.0.